The molecule has 2 aliphatic rings. The largest absolute Gasteiger partial charge is 0.345 e. The fraction of sp³-hybridized carbons (Fsp3) is 0.458. The smallest absolute Gasteiger partial charge is 0.251 e. The second-order valence-electron chi connectivity index (χ2n) is 8.91. The molecule has 0 saturated carbocycles. The Morgan fingerprint density at radius 1 is 1.03 bits per heavy atom. The highest BCUT2D eigenvalue weighted by atomic mass is 32.2. The van der Waals surface area contributed by atoms with E-state index >= 15 is 0 Å². The van der Waals surface area contributed by atoms with Crippen LogP contribution in [0.4, 0.5) is 0 Å². The summed E-state index contributed by atoms with van der Waals surface area (Å²) in [7, 11) is -3.61. The molecule has 0 radical (unpaired) electrons. The highest BCUT2D eigenvalue weighted by Crippen LogP contribution is 2.30. The van der Waals surface area contributed by atoms with Gasteiger partial charge in [0.05, 0.1) is 10.9 Å². The van der Waals surface area contributed by atoms with Crippen LogP contribution in [-0.2, 0) is 16.4 Å². The normalized spacial score (nSPS) is 24.8. The van der Waals surface area contributed by atoms with Crippen molar-refractivity contribution < 1.29 is 13.2 Å². The minimum Gasteiger partial charge on any atom is -0.345 e. The first-order chi connectivity index (χ1) is 14.3. The fourth-order valence-corrected chi connectivity index (χ4v) is 6.62. The molecule has 3 atom stereocenters. The molecule has 1 fully saturated rings. The van der Waals surface area contributed by atoms with E-state index in [1.54, 1.807) is 22.5 Å². The van der Waals surface area contributed by atoms with Crippen LogP contribution in [0.1, 0.15) is 60.6 Å². The van der Waals surface area contributed by atoms with Gasteiger partial charge >= 0.3 is 0 Å². The van der Waals surface area contributed by atoms with Crippen LogP contribution < -0.4 is 5.32 Å². The molecular formula is C24H30N2O3S. The van der Waals surface area contributed by atoms with Gasteiger partial charge in [-0.3, -0.25) is 4.79 Å². The summed E-state index contributed by atoms with van der Waals surface area (Å²) in [4.78, 5) is 13.2. The van der Waals surface area contributed by atoms with E-state index in [9.17, 15) is 13.2 Å². The Morgan fingerprint density at radius 2 is 1.77 bits per heavy atom. The molecule has 2 aromatic rings. The number of hydrogen-bond donors (Lipinski definition) is 1. The molecule has 6 heteroatoms. The third-order valence-electron chi connectivity index (χ3n) is 6.24. The number of nitrogens with zero attached hydrogens (tertiary/aromatic N) is 1. The average Bonchev–Trinajstić information content (AvgIpc) is 2.73. The molecule has 1 aliphatic carbocycles. The maximum atomic E-state index is 13.2. The lowest BCUT2D eigenvalue weighted by Crippen LogP contribution is -2.42. The number of amides is 1. The van der Waals surface area contributed by atoms with E-state index in [0.717, 1.165) is 31.2 Å². The van der Waals surface area contributed by atoms with Gasteiger partial charge in [-0.2, -0.15) is 4.31 Å². The molecule has 160 valence electrons. The summed E-state index contributed by atoms with van der Waals surface area (Å²) in [6.45, 7) is 5.23. The second-order valence-corrected chi connectivity index (χ2v) is 10.9. The monoisotopic (exact) mass is 426 g/mol. The van der Waals surface area contributed by atoms with E-state index in [1.165, 1.54) is 11.6 Å². The minimum atomic E-state index is -3.61. The van der Waals surface area contributed by atoms with Crippen molar-refractivity contribution in [2.24, 2.45) is 11.8 Å². The summed E-state index contributed by atoms with van der Waals surface area (Å²) in [5, 5.41) is 3.12. The van der Waals surface area contributed by atoms with E-state index in [1.807, 2.05) is 12.1 Å². The van der Waals surface area contributed by atoms with Crippen LogP contribution in [0.5, 0.6) is 0 Å². The Hall–Kier alpha value is -2.18. The maximum absolute atomic E-state index is 13.2. The van der Waals surface area contributed by atoms with Gasteiger partial charge in [0.25, 0.3) is 5.91 Å². The highest BCUT2D eigenvalue weighted by Gasteiger charge is 2.32. The fourth-order valence-electron chi connectivity index (χ4n) is 4.89. The van der Waals surface area contributed by atoms with Crippen molar-refractivity contribution in [2.45, 2.75) is 50.5 Å². The molecule has 1 amide bonds. The Bertz CT molecular complexity index is 1020. The van der Waals surface area contributed by atoms with Crippen LogP contribution >= 0.6 is 0 Å². The van der Waals surface area contributed by atoms with E-state index in [2.05, 4.69) is 31.3 Å². The molecule has 0 spiro atoms. The second kappa shape index (κ2) is 8.52. The summed E-state index contributed by atoms with van der Waals surface area (Å²) in [6, 6.07) is 14.6. The number of sulfonamides is 1. The van der Waals surface area contributed by atoms with E-state index < -0.39 is 10.0 Å². The molecule has 1 N–H and O–H groups in total. The van der Waals surface area contributed by atoms with Crippen molar-refractivity contribution in [1.29, 1.82) is 0 Å². The van der Waals surface area contributed by atoms with Crippen molar-refractivity contribution in [3.63, 3.8) is 0 Å². The molecule has 0 aromatic heterocycles. The zero-order chi connectivity index (χ0) is 21.3. The van der Waals surface area contributed by atoms with Crippen molar-refractivity contribution in [3.8, 4) is 0 Å². The van der Waals surface area contributed by atoms with Crippen molar-refractivity contribution in [1.82, 2.24) is 9.62 Å². The summed E-state index contributed by atoms with van der Waals surface area (Å²) >= 11 is 0. The number of carbonyl (C=O) groups excluding carboxylic acids is 1. The van der Waals surface area contributed by atoms with Crippen LogP contribution in [-0.4, -0.2) is 31.7 Å². The van der Waals surface area contributed by atoms with Gasteiger partial charge in [-0.15, -0.1) is 0 Å². The number of nitrogens with one attached hydrogen (secondary N) is 1. The summed E-state index contributed by atoms with van der Waals surface area (Å²) in [5.41, 5.74) is 2.83. The van der Waals surface area contributed by atoms with E-state index in [4.69, 9.17) is 0 Å². The van der Waals surface area contributed by atoms with E-state index in [0.29, 0.717) is 30.5 Å². The van der Waals surface area contributed by atoms with Crippen LogP contribution in [0.3, 0.4) is 0 Å². The standard InChI is InChI=1S/C24H30N2O3S/c1-17-13-18(2)16-26(15-17)30(28,29)21-10-5-9-20(14-21)24(27)25-23-12-6-8-19-7-3-4-11-22(19)23/h3-5,7,9-11,14,17-18,23H,6,8,12-13,15-16H2,1-2H3,(H,25,27)/t17-,18+,23-/m0/s1. The Balaban J connectivity index is 1.54. The first-order valence-corrected chi connectivity index (χ1v) is 12.3. The molecule has 1 aliphatic heterocycles. The van der Waals surface area contributed by atoms with Crippen molar-refractivity contribution in [2.75, 3.05) is 13.1 Å². The van der Waals surface area contributed by atoms with Gasteiger partial charge in [-0.05, 0) is 66.8 Å². The Kier molecular flexibility index (Phi) is 5.98. The van der Waals surface area contributed by atoms with Gasteiger partial charge in [0.2, 0.25) is 10.0 Å². The van der Waals surface area contributed by atoms with Crippen molar-refractivity contribution in [3.05, 3.63) is 65.2 Å². The first-order valence-electron chi connectivity index (χ1n) is 10.8. The quantitative estimate of drug-likeness (QED) is 0.798. The zero-order valence-corrected chi connectivity index (χ0v) is 18.5. The third-order valence-corrected chi connectivity index (χ3v) is 8.07. The summed E-state index contributed by atoms with van der Waals surface area (Å²) < 4.78 is 28.0. The van der Waals surface area contributed by atoms with E-state index in [-0.39, 0.29) is 16.8 Å². The van der Waals surface area contributed by atoms with Gasteiger partial charge in [0.1, 0.15) is 0 Å². The zero-order valence-electron chi connectivity index (χ0n) is 17.7. The number of hydrogen-bond acceptors (Lipinski definition) is 3. The predicted molar refractivity (Wildman–Crippen MR) is 118 cm³/mol. The average molecular weight is 427 g/mol. The SMILES string of the molecule is C[C@@H]1C[C@H](C)CN(S(=O)(=O)c2cccc(C(=O)N[C@H]3CCCc4ccccc43)c2)C1. The molecule has 5 nitrogen and oxygen atoms in total. The van der Waals surface area contributed by atoms with Crippen LogP contribution in [0, 0.1) is 11.8 Å². The number of carbonyl (C=O) groups is 1. The molecule has 30 heavy (non-hydrogen) atoms. The molecule has 4 rings (SSSR count). The van der Waals surface area contributed by atoms with Gasteiger partial charge in [0.15, 0.2) is 0 Å². The van der Waals surface area contributed by atoms with Crippen LogP contribution in [0.2, 0.25) is 0 Å². The molecular weight excluding hydrogens is 396 g/mol. The number of fused-ring (bicyclic) bond motifs is 1. The van der Waals surface area contributed by atoms with Crippen LogP contribution in [0.15, 0.2) is 53.4 Å². The van der Waals surface area contributed by atoms with Gasteiger partial charge in [0, 0.05) is 18.7 Å². The lowest BCUT2D eigenvalue weighted by molar-refractivity contribution is 0.0932. The van der Waals surface area contributed by atoms with Crippen molar-refractivity contribution >= 4 is 15.9 Å². The number of piperidine rings is 1. The maximum Gasteiger partial charge on any atom is 0.251 e. The summed E-state index contributed by atoms with van der Waals surface area (Å²) in [6.07, 6.45) is 3.99. The molecule has 1 saturated heterocycles. The molecule has 0 unspecified atom stereocenters. The minimum absolute atomic E-state index is 0.0356. The van der Waals surface area contributed by atoms with Crippen LogP contribution in [0.25, 0.3) is 0 Å². The lowest BCUT2D eigenvalue weighted by Gasteiger charge is -2.34. The predicted octanol–water partition coefficient (Wildman–Crippen LogP) is 4.16. The van der Waals surface area contributed by atoms with Gasteiger partial charge in [-0.25, -0.2) is 8.42 Å². The Labute approximate surface area is 179 Å². The first kappa shape index (κ1) is 21.1. The number of aryl methyl sites for hydroxylation is 1. The molecule has 1 heterocycles. The summed E-state index contributed by atoms with van der Waals surface area (Å²) in [5.74, 6) is 0.442. The number of benzene rings is 2. The molecule has 2 aromatic carbocycles. The van der Waals surface area contributed by atoms with Gasteiger partial charge < -0.3 is 5.32 Å². The van der Waals surface area contributed by atoms with Gasteiger partial charge in [-0.1, -0.05) is 44.2 Å². The molecule has 0 bridgehead atoms. The third kappa shape index (κ3) is 4.30. The lowest BCUT2D eigenvalue weighted by atomic mass is 9.87. The highest BCUT2D eigenvalue weighted by molar-refractivity contribution is 7.89. The Morgan fingerprint density at radius 3 is 2.53 bits per heavy atom. The number of rotatable bonds is 4. The topological polar surface area (TPSA) is 66.5 Å².